The average Bonchev–Trinajstić information content (AvgIpc) is 2.91. The molecule has 112 valence electrons. The van der Waals surface area contributed by atoms with E-state index in [-0.39, 0.29) is 18.1 Å². The first-order valence-electron chi connectivity index (χ1n) is 7.13. The Labute approximate surface area is 129 Å². The molecule has 3 nitrogen and oxygen atoms in total. The molecule has 0 radical (unpaired) electrons. The fourth-order valence-corrected chi connectivity index (χ4v) is 3.13. The van der Waals surface area contributed by atoms with Gasteiger partial charge in [0.2, 0.25) is 0 Å². The van der Waals surface area contributed by atoms with Gasteiger partial charge in [0.1, 0.15) is 0 Å². The third kappa shape index (κ3) is 3.29. The normalized spacial score (nSPS) is 16.4. The van der Waals surface area contributed by atoms with E-state index in [1.54, 1.807) is 7.11 Å². The SMILES string of the molecule is COc1c(Br)cc(C(C)(C)CO)cc1OC1CCCC1. The summed E-state index contributed by atoms with van der Waals surface area (Å²) in [7, 11) is 1.65. The summed E-state index contributed by atoms with van der Waals surface area (Å²) in [6.45, 7) is 4.12. The van der Waals surface area contributed by atoms with Gasteiger partial charge in [-0.25, -0.2) is 0 Å². The molecule has 0 aromatic heterocycles. The molecular formula is C16H23BrO3. The molecule has 2 rings (SSSR count). The summed E-state index contributed by atoms with van der Waals surface area (Å²) in [6.07, 6.45) is 4.96. The Morgan fingerprint density at radius 3 is 2.50 bits per heavy atom. The van der Waals surface area contributed by atoms with E-state index in [1.165, 1.54) is 12.8 Å². The van der Waals surface area contributed by atoms with Gasteiger partial charge in [0, 0.05) is 5.41 Å². The highest BCUT2D eigenvalue weighted by molar-refractivity contribution is 9.10. The zero-order chi connectivity index (χ0) is 14.8. The van der Waals surface area contributed by atoms with E-state index in [0.29, 0.717) is 0 Å². The van der Waals surface area contributed by atoms with Crippen molar-refractivity contribution in [1.82, 2.24) is 0 Å². The molecule has 1 aromatic carbocycles. The van der Waals surface area contributed by atoms with Crippen LogP contribution in [0.1, 0.15) is 45.1 Å². The third-order valence-corrected chi connectivity index (χ3v) is 4.58. The number of aliphatic hydroxyl groups is 1. The van der Waals surface area contributed by atoms with Crippen molar-refractivity contribution in [3.63, 3.8) is 0 Å². The van der Waals surface area contributed by atoms with Gasteiger partial charge in [-0.3, -0.25) is 0 Å². The Balaban J connectivity index is 2.36. The number of hydrogen-bond acceptors (Lipinski definition) is 3. The van der Waals surface area contributed by atoms with Gasteiger partial charge in [-0.1, -0.05) is 13.8 Å². The van der Waals surface area contributed by atoms with Crippen molar-refractivity contribution < 1.29 is 14.6 Å². The predicted octanol–water partition coefficient (Wildman–Crippen LogP) is 4.05. The van der Waals surface area contributed by atoms with Crippen molar-refractivity contribution in [1.29, 1.82) is 0 Å². The highest BCUT2D eigenvalue weighted by atomic mass is 79.9. The standard InChI is InChI=1S/C16H23BrO3/c1-16(2,10-18)11-8-13(17)15(19-3)14(9-11)20-12-6-4-5-7-12/h8-9,12,18H,4-7,10H2,1-3H3. The molecule has 0 saturated heterocycles. The number of benzene rings is 1. The fourth-order valence-electron chi connectivity index (χ4n) is 2.52. The fraction of sp³-hybridized carbons (Fsp3) is 0.625. The number of hydrogen-bond donors (Lipinski definition) is 1. The van der Waals surface area contributed by atoms with E-state index in [4.69, 9.17) is 9.47 Å². The first kappa shape index (κ1) is 15.6. The molecule has 1 fully saturated rings. The number of halogens is 1. The molecule has 0 unspecified atom stereocenters. The summed E-state index contributed by atoms with van der Waals surface area (Å²) in [6, 6.07) is 3.99. The number of rotatable bonds is 5. The van der Waals surface area contributed by atoms with Crippen LogP contribution in [-0.4, -0.2) is 24.9 Å². The maximum absolute atomic E-state index is 9.55. The lowest BCUT2D eigenvalue weighted by molar-refractivity contribution is 0.197. The van der Waals surface area contributed by atoms with Crippen LogP contribution in [0.25, 0.3) is 0 Å². The summed E-state index contributed by atoms with van der Waals surface area (Å²) in [5, 5.41) is 9.55. The van der Waals surface area contributed by atoms with E-state index in [0.717, 1.165) is 34.4 Å². The molecule has 1 N–H and O–H groups in total. The molecule has 0 bridgehead atoms. The first-order valence-corrected chi connectivity index (χ1v) is 7.93. The summed E-state index contributed by atoms with van der Waals surface area (Å²) in [5.41, 5.74) is 0.739. The second-order valence-corrected chi connectivity index (χ2v) is 6.91. The zero-order valence-electron chi connectivity index (χ0n) is 12.4. The van der Waals surface area contributed by atoms with Crippen LogP contribution >= 0.6 is 15.9 Å². The van der Waals surface area contributed by atoms with Gasteiger partial charge in [0.25, 0.3) is 0 Å². The van der Waals surface area contributed by atoms with Gasteiger partial charge in [-0.2, -0.15) is 0 Å². The summed E-state index contributed by atoms with van der Waals surface area (Å²) in [5.74, 6) is 1.50. The third-order valence-electron chi connectivity index (χ3n) is 3.99. The van der Waals surface area contributed by atoms with Crippen LogP contribution in [0.4, 0.5) is 0 Å². The van der Waals surface area contributed by atoms with Crippen LogP contribution in [0, 0.1) is 0 Å². The van der Waals surface area contributed by atoms with Crippen LogP contribution in [-0.2, 0) is 5.41 Å². The van der Waals surface area contributed by atoms with Crippen molar-refractivity contribution in [2.75, 3.05) is 13.7 Å². The minimum absolute atomic E-state index is 0.0919. The Bertz CT molecular complexity index is 465. The molecule has 0 aliphatic heterocycles. The molecular weight excluding hydrogens is 320 g/mol. The molecule has 0 heterocycles. The summed E-state index contributed by atoms with van der Waals surface area (Å²) in [4.78, 5) is 0. The van der Waals surface area contributed by atoms with Crippen LogP contribution in [0.3, 0.4) is 0 Å². The van der Waals surface area contributed by atoms with Gasteiger partial charge < -0.3 is 14.6 Å². The van der Waals surface area contributed by atoms with Crippen molar-refractivity contribution in [3.8, 4) is 11.5 Å². The van der Waals surface area contributed by atoms with Crippen LogP contribution in [0.5, 0.6) is 11.5 Å². The second-order valence-electron chi connectivity index (χ2n) is 6.06. The molecule has 20 heavy (non-hydrogen) atoms. The molecule has 0 amide bonds. The lowest BCUT2D eigenvalue weighted by Crippen LogP contribution is -2.22. The number of aliphatic hydroxyl groups excluding tert-OH is 1. The largest absolute Gasteiger partial charge is 0.492 e. The maximum Gasteiger partial charge on any atom is 0.174 e. The van der Waals surface area contributed by atoms with Crippen LogP contribution in [0.2, 0.25) is 0 Å². The van der Waals surface area contributed by atoms with Crippen molar-refractivity contribution >= 4 is 15.9 Å². The molecule has 1 aromatic rings. The molecule has 1 saturated carbocycles. The van der Waals surface area contributed by atoms with Crippen LogP contribution < -0.4 is 9.47 Å². The number of methoxy groups -OCH3 is 1. The van der Waals surface area contributed by atoms with E-state index >= 15 is 0 Å². The Morgan fingerprint density at radius 1 is 1.30 bits per heavy atom. The summed E-state index contributed by atoms with van der Waals surface area (Å²) >= 11 is 3.54. The monoisotopic (exact) mass is 342 g/mol. The van der Waals surface area contributed by atoms with Crippen molar-refractivity contribution in [2.45, 2.75) is 51.0 Å². The first-order chi connectivity index (χ1) is 9.47. The predicted molar refractivity (Wildman–Crippen MR) is 83.7 cm³/mol. The highest BCUT2D eigenvalue weighted by Crippen LogP contribution is 2.41. The molecule has 1 aliphatic rings. The van der Waals surface area contributed by atoms with E-state index in [1.807, 2.05) is 26.0 Å². The van der Waals surface area contributed by atoms with Crippen LogP contribution in [0.15, 0.2) is 16.6 Å². The Hall–Kier alpha value is -0.740. The maximum atomic E-state index is 9.55. The summed E-state index contributed by atoms with van der Waals surface area (Å²) < 4.78 is 12.4. The zero-order valence-corrected chi connectivity index (χ0v) is 14.0. The van der Waals surface area contributed by atoms with Gasteiger partial charge in [0.05, 0.1) is 24.3 Å². The lowest BCUT2D eigenvalue weighted by Gasteiger charge is -2.25. The van der Waals surface area contributed by atoms with E-state index < -0.39 is 0 Å². The molecule has 0 spiro atoms. The highest BCUT2D eigenvalue weighted by Gasteiger charge is 2.25. The lowest BCUT2D eigenvalue weighted by atomic mass is 9.85. The van der Waals surface area contributed by atoms with Gasteiger partial charge in [-0.15, -0.1) is 0 Å². The van der Waals surface area contributed by atoms with Gasteiger partial charge >= 0.3 is 0 Å². The quantitative estimate of drug-likeness (QED) is 0.877. The van der Waals surface area contributed by atoms with Crippen molar-refractivity contribution in [3.05, 3.63) is 22.2 Å². The average molecular weight is 343 g/mol. The van der Waals surface area contributed by atoms with Gasteiger partial charge in [-0.05, 0) is 59.3 Å². The van der Waals surface area contributed by atoms with E-state index in [2.05, 4.69) is 15.9 Å². The topological polar surface area (TPSA) is 38.7 Å². The minimum atomic E-state index is -0.303. The smallest absolute Gasteiger partial charge is 0.174 e. The molecule has 0 atom stereocenters. The second kappa shape index (κ2) is 6.35. The minimum Gasteiger partial charge on any atom is -0.492 e. The molecule has 4 heteroatoms. The van der Waals surface area contributed by atoms with E-state index in [9.17, 15) is 5.11 Å². The van der Waals surface area contributed by atoms with Gasteiger partial charge in [0.15, 0.2) is 11.5 Å². The Kier molecular flexibility index (Phi) is 4.97. The molecule has 1 aliphatic carbocycles. The Morgan fingerprint density at radius 2 is 1.95 bits per heavy atom. The van der Waals surface area contributed by atoms with Crippen molar-refractivity contribution in [2.24, 2.45) is 0 Å². The number of ether oxygens (including phenoxy) is 2.